The van der Waals surface area contributed by atoms with Crippen molar-refractivity contribution in [2.45, 2.75) is 131 Å². The van der Waals surface area contributed by atoms with Crippen LogP contribution in [0.15, 0.2) is 0 Å². The van der Waals surface area contributed by atoms with Gasteiger partial charge in [0.1, 0.15) is 0 Å². The summed E-state index contributed by atoms with van der Waals surface area (Å²) in [7, 11) is 9.94. The minimum atomic E-state index is -4.80. The molecule has 0 aromatic heterocycles. The Morgan fingerprint density at radius 3 is 1.10 bits per heavy atom. The van der Waals surface area contributed by atoms with Crippen molar-refractivity contribution in [3.05, 3.63) is 38.5 Å². The zero-order valence-corrected chi connectivity index (χ0v) is 71.8. The number of rotatable bonds is 29. The molecule has 0 bridgehead atoms. The predicted octanol–water partition coefficient (Wildman–Crippen LogP) is -2.80. The van der Waals surface area contributed by atoms with E-state index in [-0.39, 0.29) is 183 Å². The third-order valence-corrected chi connectivity index (χ3v) is 17.3. The maximum Gasteiger partial charge on any atom is 0.467 e. The Morgan fingerprint density at radius 1 is 0.461 bits per heavy atom. The van der Waals surface area contributed by atoms with Gasteiger partial charge >= 0.3 is 29.1 Å². The second kappa shape index (κ2) is 48.5. The van der Waals surface area contributed by atoms with E-state index in [0.717, 1.165) is 19.3 Å². The number of hydrogen-bond donors (Lipinski definition) is 9. The van der Waals surface area contributed by atoms with Gasteiger partial charge in [0, 0.05) is 159 Å². The van der Waals surface area contributed by atoms with Crippen LogP contribution in [0.1, 0.15) is 33.6 Å². The molecule has 6 rings (SSSR count). The van der Waals surface area contributed by atoms with Crippen LogP contribution >= 0.6 is 44.7 Å². The molecule has 0 aromatic rings. The third kappa shape index (κ3) is 42.1. The first-order chi connectivity index (χ1) is 38.4. The summed E-state index contributed by atoms with van der Waals surface area (Å²) in [5.41, 5.74) is 0. The van der Waals surface area contributed by atoms with E-state index in [1.807, 2.05) is 33.6 Å². The molecule has 6 fully saturated rings. The van der Waals surface area contributed by atoms with Crippen LogP contribution < -0.4 is 9.79 Å². The number of hydrogen-bond acceptors (Lipinski definition) is 28. The maximum absolute atomic E-state index is 11.2. The Balaban J connectivity index is -0.000000530. The molecule has 510 valence electrons. The molecule has 32 nitrogen and oxygen atoms in total. The van der Waals surface area contributed by atoms with Crippen molar-refractivity contribution in [3.63, 3.8) is 0 Å². The van der Waals surface area contributed by atoms with E-state index in [9.17, 15) is 48.0 Å². The molecule has 6 aliphatic heterocycles. The van der Waals surface area contributed by atoms with Crippen LogP contribution in [0.5, 0.6) is 0 Å². The van der Waals surface area contributed by atoms with Gasteiger partial charge in [-0.1, -0.05) is 56.9 Å². The van der Waals surface area contributed by atoms with Gasteiger partial charge in [0.15, 0.2) is 13.6 Å². The summed E-state index contributed by atoms with van der Waals surface area (Å²) >= 11 is 9.92. The van der Waals surface area contributed by atoms with E-state index in [2.05, 4.69) is 31.9 Å². The van der Waals surface area contributed by atoms with Gasteiger partial charge in [-0.3, -0.25) is 43.9 Å². The first-order valence-corrected chi connectivity index (χ1v) is 35.7. The Kier molecular flexibility index (Phi) is 55.0. The number of methoxy groups -OCH3 is 1. The zero-order chi connectivity index (χ0) is 62.7. The first-order valence-electron chi connectivity index (χ1n) is 24.5. The van der Waals surface area contributed by atoms with Crippen LogP contribution in [0.4, 0.5) is 0 Å². The standard InChI is InChI=1S/C13H22BO6PS.C12H19B2O6PS.C7H14BO10P2.C6H12BO10P2.6W/c1-3-11-9(5-13(14)20-11)6-17-21(16,22)18-7-12-10(15)4-8(2)19-12;1-2-9-7(3-11(13)19-9)5-17-21(16,22)18-6-10-8(15)4-12(14)20-10;1-14-4-16-20(12,13)15-3-6-5(2-7(8)17-6)18-19(9,10)11;7-6-1-4(17-18(9,10)11)5(16-6)2-14-19(12,13)15-3-8;;;;;;/h4-5,8-13,15H,3,6-7H2,1-2H3,(H,16,22);3-4,7-12,15H,2,5-6H2,1H3,(H,16,22);2,5-7H,3-4H2,1H3,(H,12,13)(H2,9,10,11);1,4-6,8H,2-3H2,(H,12,13)(H2,9,10,11);;;;;;/q2*-2;2*-1;;;;;;/p-2. The average molecular weight is 2440 g/mol. The fourth-order valence-corrected chi connectivity index (χ4v) is 12.2. The molecule has 6 aliphatic rings. The van der Waals surface area contributed by atoms with Crippen molar-refractivity contribution in [3.8, 4) is 0 Å². The molecule has 9 N–H and O–H groups in total. The van der Waals surface area contributed by atoms with Crippen LogP contribution in [0.25, 0.3) is 0 Å². The molecule has 51 heteroatoms. The molecule has 22 atom stereocenters. The van der Waals surface area contributed by atoms with Crippen molar-refractivity contribution < 1.29 is 278 Å². The molecule has 0 saturated carbocycles. The van der Waals surface area contributed by atoms with E-state index >= 15 is 0 Å². The minimum Gasteiger partial charge on any atom is -0.756 e. The summed E-state index contributed by atoms with van der Waals surface area (Å²) in [6.07, 6.45) is 2.88. The van der Waals surface area contributed by atoms with Crippen LogP contribution in [0.2, 0.25) is 0 Å². The molecule has 6 saturated heterocycles. The van der Waals surface area contributed by atoms with E-state index < -0.39 is 150 Å². The van der Waals surface area contributed by atoms with Gasteiger partial charge in [0.25, 0.3) is 15.6 Å². The monoisotopic (exact) mass is 2440 g/mol. The maximum atomic E-state index is 11.2. The number of aliphatic hydroxyl groups is 3. The Hall–Kier alpha value is 5.55. The molecule has 0 spiro atoms. The fraction of sp³-hybridized carbons (Fsp3) is 0.842. The number of ether oxygens (including phenoxy) is 7. The van der Waals surface area contributed by atoms with Gasteiger partial charge in [0.05, 0.1) is 90.1 Å². The summed E-state index contributed by atoms with van der Waals surface area (Å²) in [6.45, 7) is -3.64. The smallest absolute Gasteiger partial charge is 0.467 e. The molecule has 89 heavy (non-hydrogen) atoms. The van der Waals surface area contributed by atoms with Gasteiger partial charge in [-0.25, -0.2) is 9.13 Å². The molecule has 22 unspecified atom stereocenters. The minimum absolute atomic E-state index is 0. The molecule has 0 aliphatic carbocycles. The van der Waals surface area contributed by atoms with E-state index in [1.54, 1.807) is 6.42 Å². The van der Waals surface area contributed by atoms with Gasteiger partial charge in [0.2, 0.25) is 0 Å². The Morgan fingerprint density at radius 2 is 0.775 bits per heavy atom. The average Bonchev–Trinajstić information content (AvgIpc) is 3.86. The van der Waals surface area contributed by atoms with Crippen molar-refractivity contribution >= 4 is 108 Å². The first kappa shape index (κ1) is 101. The fourth-order valence-electron chi connectivity index (χ4n) is 7.70. The Labute approximate surface area is 620 Å². The van der Waals surface area contributed by atoms with Crippen LogP contribution in [0.3, 0.4) is 0 Å². The summed E-state index contributed by atoms with van der Waals surface area (Å²) in [5, 5.41) is 27.6. The van der Waals surface area contributed by atoms with Crippen molar-refractivity contribution in [2.75, 3.05) is 60.3 Å². The number of aliphatic hydroxyl groups excluding tert-OH is 3. The Bertz CT molecular complexity index is 2170. The molecule has 6 heterocycles. The molecule has 0 amide bonds. The second-order valence-corrected chi connectivity index (χ2v) is 28.8. The van der Waals surface area contributed by atoms with Crippen LogP contribution in [-0.4, -0.2) is 241 Å². The topological polar surface area (TPSA) is 453 Å². The largest absolute Gasteiger partial charge is 0.756 e. The zero-order valence-electron chi connectivity index (χ0n) is 47.2. The summed E-state index contributed by atoms with van der Waals surface area (Å²) in [6, 6.07) is -3.47. The quantitative estimate of drug-likeness (QED) is 0.0158. The van der Waals surface area contributed by atoms with Crippen molar-refractivity contribution in [1.29, 1.82) is 0 Å². The van der Waals surface area contributed by atoms with Crippen molar-refractivity contribution in [2.24, 2.45) is 11.8 Å². The van der Waals surface area contributed by atoms with E-state index in [1.165, 1.54) is 20.0 Å². The van der Waals surface area contributed by atoms with Crippen molar-refractivity contribution in [1.82, 2.24) is 0 Å². The summed E-state index contributed by atoms with van der Waals surface area (Å²) in [4.78, 5) is 77.0. The van der Waals surface area contributed by atoms with E-state index in [0.29, 0.717) is 0 Å². The van der Waals surface area contributed by atoms with Gasteiger partial charge in [-0.15, -0.1) is 11.8 Å². The third-order valence-electron chi connectivity index (χ3n) is 11.3. The SMILES string of the molecule is [B]C1[CH-]C(COP(O)(=S)OCC2OC(C)[CH-]C2O)C(CC)O1.[B]C1[CH-]C(O)C(COP(O)(=S)OCC2[CH-]C([B])OC2CC)O1.[B]C1[CH-]C(OP(=O)(O)O)C(COP(=O)([O-])OCO)O1.[B]C1[CH-]C(OP(=O)(O)O)C(COP(=O)([O-])OCOC)O1.[W].[W].[W].[W].[W].[W]. The van der Waals surface area contributed by atoms with E-state index in [4.69, 9.17) is 134 Å². The number of phosphoric acid groups is 4. The molecule has 0 aromatic carbocycles. The molecular formula is C38H65B5O32P6S2W6-8. The second-order valence-electron chi connectivity index (χ2n) is 17.9. The van der Waals surface area contributed by atoms with Gasteiger partial charge in [-0.2, -0.15) is 0 Å². The van der Waals surface area contributed by atoms with Gasteiger partial charge < -0.3 is 137 Å². The normalized spacial score (nSPS) is 34.1. The van der Waals surface area contributed by atoms with Crippen LogP contribution in [-0.2, 0) is 247 Å². The van der Waals surface area contributed by atoms with Crippen LogP contribution in [0, 0.1) is 50.4 Å². The summed E-state index contributed by atoms with van der Waals surface area (Å²) < 4.78 is 126. The summed E-state index contributed by atoms with van der Waals surface area (Å²) in [5.74, 6) is -0.0760. The number of phosphoric ester groups is 4. The van der Waals surface area contributed by atoms with Gasteiger partial charge in [-0.05, 0) is 60.9 Å². The molecule has 10 radical (unpaired) electrons. The molecular weight excluding hydrogens is 2380 g/mol. The predicted molar refractivity (Wildman–Crippen MR) is 291 cm³/mol.